The van der Waals surface area contributed by atoms with Crippen molar-refractivity contribution in [1.82, 2.24) is 10.6 Å². The molecule has 0 saturated heterocycles. The van der Waals surface area contributed by atoms with Crippen LogP contribution in [0, 0.1) is 5.41 Å². The minimum absolute atomic E-state index is 0.0384. The van der Waals surface area contributed by atoms with Crippen molar-refractivity contribution in [2.45, 2.75) is 52.0 Å². The minimum atomic E-state index is -0.974. The van der Waals surface area contributed by atoms with Gasteiger partial charge in [-0.3, -0.25) is 9.59 Å². The number of fused-ring (bicyclic) bond motifs is 3. The fourth-order valence-electron chi connectivity index (χ4n) is 4.32. The summed E-state index contributed by atoms with van der Waals surface area (Å²) in [7, 11) is 0. The van der Waals surface area contributed by atoms with Crippen LogP contribution in [0.1, 0.15) is 57.1 Å². The number of hydrogen-bond acceptors (Lipinski definition) is 4. The van der Waals surface area contributed by atoms with Crippen molar-refractivity contribution in [3.05, 3.63) is 59.7 Å². The number of alkyl carbamates (subject to hydrolysis) is 1. The normalized spacial score (nSPS) is 13.5. The lowest BCUT2D eigenvalue weighted by Gasteiger charge is -2.26. The van der Waals surface area contributed by atoms with Crippen LogP contribution in [0.15, 0.2) is 48.5 Å². The van der Waals surface area contributed by atoms with E-state index in [1.807, 2.05) is 45.0 Å². The number of carbonyl (C=O) groups is 3. The van der Waals surface area contributed by atoms with Gasteiger partial charge >= 0.3 is 12.1 Å². The van der Waals surface area contributed by atoms with E-state index in [4.69, 9.17) is 9.84 Å². The predicted octanol–water partition coefficient (Wildman–Crippen LogP) is 4.31. The van der Waals surface area contributed by atoms with Crippen LogP contribution >= 0.6 is 0 Å². The average molecular weight is 453 g/mol. The number of amides is 2. The highest BCUT2D eigenvalue weighted by Gasteiger charge is 2.30. The summed E-state index contributed by atoms with van der Waals surface area (Å²) in [4.78, 5) is 35.6. The third-order valence-electron chi connectivity index (χ3n) is 5.62. The van der Waals surface area contributed by atoms with Gasteiger partial charge in [-0.05, 0) is 34.1 Å². The molecule has 7 nitrogen and oxygen atoms in total. The molecule has 7 heteroatoms. The quantitative estimate of drug-likeness (QED) is 0.526. The van der Waals surface area contributed by atoms with Crippen molar-refractivity contribution in [1.29, 1.82) is 0 Å². The maximum Gasteiger partial charge on any atom is 0.407 e. The third-order valence-corrected chi connectivity index (χ3v) is 5.62. The summed E-state index contributed by atoms with van der Waals surface area (Å²) in [5.41, 5.74) is 4.46. The Morgan fingerprint density at radius 2 is 1.58 bits per heavy atom. The average Bonchev–Trinajstić information content (AvgIpc) is 3.04. The topological polar surface area (TPSA) is 105 Å². The molecule has 3 N–H and O–H groups in total. The Hall–Kier alpha value is -3.35. The molecule has 2 aromatic carbocycles. The Morgan fingerprint density at radius 1 is 1.00 bits per heavy atom. The second-order valence-corrected chi connectivity index (χ2v) is 9.63. The number of hydrogen-bond donors (Lipinski definition) is 3. The van der Waals surface area contributed by atoms with Crippen molar-refractivity contribution >= 4 is 18.0 Å². The zero-order valence-electron chi connectivity index (χ0n) is 19.4. The number of benzene rings is 2. The number of ether oxygens (including phenoxy) is 1. The van der Waals surface area contributed by atoms with Crippen LogP contribution in [-0.4, -0.2) is 42.3 Å². The smallest absolute Gasteiger partial charge is 0.407 e. The molecule has 1 unspecified atom stereocenters. The number of carbonyl (C=O) groups excluding carboxylic acids is 2. The van der Waals surface area contributed by atoms with Gasteiger partial charge in [-0.1, -0.05) is 69.3 Å². The molecule has 0 aromatic heterocycles. The van der Waals surface area contributed by atoms with E-state index in [9.17, 15) is 14.4 Å². The van der Waals surface area contributed by atoms with E-state index in [0.29, 0.717) is 6.42 Å². The molecule has 0 bridgehead atoms. The van der Waals surface area contributed by atoms with E-state index in [2.05, 4.69) is 34.9 Å². The van der Waals surface area contributed by atoms with E-state index >= 15 is 0 Å². The van der Waals surface area contributed by atoms with Gasteiger partial charge in [0.15, 0.2) is 0 Å². The fraction of sp³-hybridized carbons (Fsp3) is 0.423. The zero-order chi connectivity index (χ0) is 24.0. The Balaban J connectivity index is 1.61. The number of aliphatic carboxylic acids is 1. The summed E-state index contributed by atoms with van der Waals surface area (Å²) in [6.07, 6.45) is -0.0791. The minimum Gasteiger partial charge on any atom is -0.481 e. The van der Waals surface area contributed by atoms with Crippen molar-refractivity contribution < 1.29 is 24.2 Å². The molecule has 3 rings (SSSR count). The van der Waals surface area contributed by atoms with Crippen LogP contribution in [0.4, 0.5) is 4.79 Å². The van der Waals surface area contributed by atoms with Gasteiger partial charge in [0.25, 0.3) is 0 Å². The van der Waals surface area contributed by atoms with Gasteiger partial charge in [0.2, 0.25) is 5.91 Å². The Morgan fingerprint density at radius 3 is 2.12 bits per heavy atom. The number of carboxylic acids is 1. The molecule has 33 heavy (non-hydrogen) atoms. The highest BCUT2D eigenvalue weighted by Crippen LogP contribution is 2.44. The Labute approximate surface area is 194 Å². The molecule has 0 aliphatic heterocycles. The number of nitrogens with one attached hydrogen (secondary N) is 2. The van der Waals surface area contributed by atoms with Crippen LogP contribution in [0.2, 0.25) is 0 Å². The molecule has 1 aliphatic rings. The molecule has 2 amide bonds. The molecule has 0 spiro atoms. The first-order valence-electron chi connectivity index (χ1n) is 11.2. The molecule has 0 fully saturated rings. The Bertz CT molecular complexity index is 966. The maximum atomic E-state index is 12.7. The maximum absolute atomic E-state index is 12.7. The highest BCUT2D eigenvalue weighted by atomic mass is 16.5. The van der Waals surface area contributed by atoms with Gasteiger partial charge in [0, 0.05) is 24.9 Å². The fourth-order valence-corrected chi connectivity index (χ4v) is 4.32. The van der Waals surface area contributed by atoms with Gasteiger partial charge in [0.1, 0.15) is 6.61 Å². The van der Waals surface area contributed by atoms with Crippen molar-refractivity contribution in [3.63, 3.8) is 0 Å². The van der Waals surface area contributed by atoms with Crippen LogP contribution < -0.4 is 10.6 Å². The SMILES string of the molecule is CC(C)(C)CC(CC(=O)NCCC(=O)O)NC(=O)OCC1c2ccccc2-c2ccccc21. The summed E-state index contributed by atoms with van der Waals surface area (Å²) >= 11 is 0. The highest BCUT2D eigenvalue weighted by molar-refractivity contribution is 5.80. The molecular weight excluding hydrogens is 420 g/mol. The van der Waals surface area contributed by atoms with E-state index in [1.54, 1.807) is 0 Å². The van der Waals surface area contributed by atoms with Gasteiger partial charge in [-0.15, -0.1) is 0 Å². The summed E-state index contributed by atoms with van der Waals surface area (Å²) in [5, 5.41) is 14.2. The summed E-state index contributed by atoms with van der Waals surface area (Å²) in [6, 6.07) is 15.8. The standard InChI is InChI=1S/C26H32N2O5/c1-26(2,3)15-17(14-23(29)27-13-12-24(30)31)28-25(32)33-16-22-20-10-6-4-8-18(20)19-9-5-7-11-21(19)22/h4-11,17,22H,12-16H2,1-3H3,(H,27,29)(H,28,32)(H,30,31). The van der Waals surface area contributed by atoms with E-state index in [0.717, 1.165) is 22.3 Å². The van der Waals surface area contributed by atoms with Crippen LogP contribution in [0.5, 0.6) is 0 Å². The van der Waals surface area contributed by atoms with E-state index < -0.39 is 18.1 Å². The van der Waals surface area contributed by atoms with Crippen molar-refractivity contribution in [2.24, 2.45) is 5.41 Å². The molecule has 1 aliphatic carbocycles. The van der Waals surface area contributed by atoms with E-state index in [-0.39, 0.29) is 43.2 Å². The van der Waals surface area contributed by atoms with E-state index in [1.165, 1.54) is 0 Å². The molecule has 0 heterocycles. The second kappa shape index (κ2) is 10.5. The molecule has 1 atom stereocenters. The lowest BCUT2D eigenvalue weighted by Crippen LogP contribution is -2.42. The second-order valence-electron chi connectivity index (χ2n) is 9.63. The summed E-state index contributed by atoms with van der Waals surface area (Å²) in [5.74, 6) is -1.31. The van der Waals surface area contributed by atoms with Gasteiger partial charge < -0.3 is 20.5 Å². The first-order valence-corrected chi connectivity index (χ1v) is 11.2. The molecular formula is C26H32N2O5. The van der Waals surface area contributed by atoms with Crippen LogP contribution in [0.3, 0.4) is 0 Å². The number of rotatable bonds is 9. The van der Waals surface area contributed by atoms with Gasteiger partial charge in [-0.2, -0.15) is 0 Å². The van der Waals surface area contributed by atoms with Gasteiger partial charge in [0.05, 0.1) is 6.42 Å². The first kappa shape index (κ1) is 24.3. The first-order chi connectivity index (χ1) is 15.6. The zero-order valence-corrected chi connectivity index (χ0v) is 19.4. The third kappa shape index (κ3) is 6.81. The molecule has 0 radical (unpaired) electrons. The van der Waals surface area contributed by atoms with Crippen LogP contribution in [-0.2, 0) is 14.3 Å². The molecule has 2 aromatic rings. The Kier molecular flexibility index (Phi) is 7.74. The number of carboxylic acid groups (broad SMARTS) is 1. The summed E-state index contributed by atoms with van der Waals surface area (Å²) in [6.45, 7) is 6.35. The largest absolute Gasteiger partial charge is 0.481 e. The monoisotopic (exact) mass is 452 g/mol. The summed E-state index contributed by atoms with van der Waals surface area (Å²) < 4.78 is 5.62. The molecule has 176 valence electrons. The van der Waals surface area contributed by atoms with Crippen molar-refractivity contribution in [2.75, 3.05) is 13.2 Å². The lowest BCUT2D eigenvalue weighted by atomic mass is 9.87. The molecule has 0 saturated carbocycles. The lowest BCUT2D eigenvalue weighted by molar-refractivity contribution is -0.136. The predicted molar refractivity (Wildman–Crippen MR) is 126 cm³/mol. The van der Waals surface area contributed by atoms with Gasteiger partial charge in [-0.25, -0.2) is 4.79 Å². The van der Waals surface area contributed by atoms with Crippen molar-refractivity contribution in [3.8, 4) is 11.1 Å². The van der Waals surface area contributed by atoms with Crippen LogP contribution in [0.25, 0.3) is 11.1 Å².